The van der Waals surface area contributed by atoms with E-state index in [4.69, 9.17) is 23.2 Å². The topological polar surface area (TPSA) is 59.0 Å². The van der Waals surface area contributed by atoms with Crippen LogP contribution < -0.4 is 10.6 Å². The van der Waals surface area contributed by atoms with E-state index in [9.17, 15) is 4.79 Å². The second-order valence-corrected chi connectivity index (χ2v) is 6.74. The summed E-state index contributed by atoms with van der Waals surface area (Å²) in [5, 5.41) is 11.7. The van der Waals surface area contributed by atoms with Crippen molar-refractivity contribution in [2.45, 2.75) is 24.8 Å². The fourth-order valence-corrected chi connectivity index (χ4v) is 3.55. The third kappa shape index (κ3) is 3.43. The largest absolute Gasteiger partial charge is 0.354 e. The lowest BCUT2D eigenvalue weighted by atomic mass is 9.87. The number of carbonyl (C=O) groups is 1. The molecule has 1 aromatic carbocycles. The van der Waals surface area contributed by atoms with Crippen LogP contribution in [0.5, 0.6) is 0 Å². The van der Waals surface area contributed by atoms with Crippen molar-refractivity contribution in [3.05, 3.63) is 52.3 Å². The Morgan fingerprint density at radius 2 is 2.08 bits per heavy atom. The number of amides is 1. The fraction of sp³-hybridized carbons (Fsp3) is 0.412. The van der Waals surface area contributed by atoms with Gasteiger partial charge in [-0.3, -0.25) is 9.48 Å². The first-order chi connectivity index (χ1) is 11.6. The summed E-state index contributed by atoms with van der Waals surface area (Å²) in [6.07, 6.45) is 5.65. The van der Waals surface area contributed by atoms with Gasteiger partial charge in [-0.15, -0.1) is 0 Å². The van der Waals surface area contributed by atoms with Crippen LogP contribution in [0.4, 0.5) is 0 Å². The van der Waals surface area contributed by atoms with Crippen LogP contribution in [0.2, 0.25) is 10.0 Å². The van der Waals surface area contributed by atoms with E-state index in [1.165, 1.54) is 0 Å². The fourth-order valence-electron chi connectivity index (χ4n) is 3.14. The first-order valence-electron chi connectivity index (χ1n) is 8.05. The molecule has 3 rings (SSSR count). The Morgan fingerprint density at radius 1 is 1.29 bits per heavy atom. The lowest BCUT2D eigenvalue weighted by Crippen LogP contribution is -2.54. The van der Waals surface area contributed by atoms with E-state index in [-0.39, 0.29) is 5.91 Å². The Kier molecular flexibility index (Phi) is 5.43. The average Bonchev–Trinajstić information content (AvgIpc) is 3.14. The summed E-state index contributed by atoms with van der Waals surface area (Å²) in [6.45, 7) is 2.11. The van der Waals surface area contributed by atoms with Gasteiger partial charge in [-0.1, -0.05) is 35.3 Å². The zero-order valence-corrected chi connectivity index (χ0v) is 14.8. The number of nitrogens with one attached hydrogen (secondary N) is 2. The SMILES string of the molecule is O=C(NCCc1cccc(Cl)c1Cl)C1(n2cccn2)CCNCC1. The number of rotatable bonds is 5. The molecule has 0 aliphatic carbocycles. The van der Waals surface area contributed by atoms with Gasteiger partial charge in [0.2, 0.25) is 5.91 Å². The van der Waals surface area contributed by atoms with E-state index in [0.29, 0.717) is 23.0 Å². The van der Waals surface area contributed by atoms with E-state index in [1.807, 2.05) is 24.4 Å². The van der Waals surface area contributed by atoms with Crippen LogP contribution in [-0.4, -0.2) is 35.3 Å². The third-order valence-corrected chi connectivity index (χ3v) is 5.37. The van der Waals surface area contributed by atoms with Gasteiger partial charge in [0, 0.05) is 18.9 Å². The summed E-state index contributed by atoms with van der Waals surface area (Å²) in [4.78, 5) is 12.9. The molecule has 0 radical (unpaired) electrons. The van der Waals surface area contributed by atoms with Crippen molar-refractivity contribution < 1.29 is 4.79 Å². The second kappa shape index (κ2) is 7.55. The van der Waals surface area contributed by atoms with Crippen LogP contribution in [0.25, 0.3) is 0 Å². The molecular weight excluding hydrogens is 347 g/mol. The summed E-state index contributed by atoms with van der Waals surface area (Å²) in [5.74, 6) is 0.00542. The van der Waals surface area contributed by atoms with E-state index >= 15 is 0 Å². The predicted molar refractivity (Wildman–Crippen MR) is 95.5 cm³/mol. The second-order valence-electron chi connectivity index (χ2n) is 5.95. The molecule has 128 valence electrons. The standard InChI is InChI=1S/C17H20Cl2N4O/c18-14-4-1-3-13(15(14)19)5-9-21-16(24)17(6-10-20-11-7-17)23-12-2-8-22-23/h1-4,8,12,20H,5-7,9-11H2,(H,21,24). The first-order valence-corrected chi connectivity index (χ1v) is 8.81. The van der Waals surface area contributed by atoms with Gasteiger partial charge in [-0.2, -0.15) is 5.10 Å². The Bertz CT molecular complexity index is 697. The molecule has 1 amide bonds. The number of piperidine rings is 1. The van der Waals surface area contributed by atoms with Crippen LogP contribution in [0.1, 0.15) is 18.4 Å². The van der Waals surface area contributed by atoms with Gasteiger partial charge >= 0.3 is 0 Å². The molecule has 1 aromatic heterocycles. The zero-order chi connectivity index (χ0) is 17.0. The predicted octanol–water partition coefficient (Wildman–Crippen LogP) is 2.63. The Labute approximate surface area is 151 Å². The van der Waals surface area contributed by atoms with Gasteiger partial charge < -0.3 is 10.6 Å². The number of benzene rings is 1. The van der Waals surface area contributed by atoms with Crippen molar-refractivity contribution in [2.75, 3.05) is 19.6 Å². The highest BCUT2D eigenvalue weighted by molar-refractivity contribution is 6.42. The van der Waals surface area contributed by atoms with Crippen molar-refractivity contribution in [3.63, 3.8) is 0 Å². The highest BCUT2D eigenvalue weighted by Crippen LogP contribution is 2.28. The number of aromatic nitrogens is 2. The van der Waals surface area contributed by atoms with Crippen molar-refractivity contribution >= 4 is 29.1 Å². The zero-order valence-electron chi connectivity index (χ0n) is 13.3. The van der Waals surface area contributed by atoms with Gasteiger partial charge in [-0.05, 0) is 50.0 Å². The highest BCUT2D eigenvalue weighted by Gasteiger charge is 2.41. The van der Waals surface area contributed by atoms with Crippen LogP contribution in [0.3, 0.4) is 0 Å². The Balaban J connectivity index is 1.67. The minimum Gasteiger partial charge on any atom is -0.354 e. The molecule has 0 bridgehead atoms. The van der Waals surface area contributed by atoms with E-state index < -0.39 is 5.54 Å². The van der Waals surface area contributed by atoms with Gasteiger partial charge in [0.05, 0.1) is 10.0 Å². The molecule has 24 heavy (non-hydrogen) atoms. The van der Waals surface area contributed by atoms with Crippen molar-refractivity contribution in [1.82, 2.24) is 20.4 Å². The molecule has 0 unspecified atom stereocenters. The quantitative estimate of drug-likeness (QED) is 0.854. The molecule has 2 N–H and O–H groups in total. The van der Waals surface area contributed by atoms with Crippen molar-refractivity contribution in [3.8, 4) is 0 Å². The van der Waals surface area contributed by atoms with Crippen LogP contribution in [0.15, 0.2) is 36.7 Å². The van der Waals surface area contributed by atoms with Crippen LogP contribution in [0, 0.1) is 0 Å². The Hall–Kier alpha value is -1.56. The lowest BCUT2D eigenvalue weighted by Gasteiger charge is -2.36. The molecule has 2 aromatic rings. The maximum absolute atomic E-state index is 12.9. The van der Waals surface area contributed by atoms with E-state index in [0.717, 1.165) is 31.5 Å². The summed E-state index contributed by atoms with van der Waals surface area (Å²) < 4.78 is 1.79. The van der Waals surface area contributed by atoms with E-state index in [1.54, 1.807) is 16.9 Å². The lowest BCUT2D eigenvalue weighted by molar-refractivity contribution is -0.131. The maximum atomic E-state index is 12.9. The van der Waals surface area contributed by atoms with Crippen molar-refractivity contribution in [2.24, 2.45) is 0 Å². The van der Waals surface area contributed by atoms with Gasteiger partial charge in [0.25, 0.3) is 0 Å². The number of carbonyl (C=O) groups excluding carboxylic acids is 1. The number of hydrogen-bond acceptors (Lipinski definition) is 3. The number of hydrogen-bond donors (Lipinski definition) is 2. The van der Waals surface area contributed by atoms with Gasteiger partial charge in [0.15, 0.2) is 0 Å². The number of halogens is 2. The summed E-state index contributed by atoms with van der Waals surface area (Å²) in [5.41, 5.74) is 0.315. The first kappa shape index (κ1) is 17.3. The van der Waals surface area contributed by atoms with Gasteiger partial charge in [0.1, 0.15) is 5.54 Å². The van der Waals surface area contributed by atoms with Crippen LogP contribution in [-0.2, 0) is 16.8 Å². The molecule has 0 saturated carbocycles. The molecule has 1 saturated heterocycles. The maximum Gasteiger partial charge on any atom is 0.248 e. The van der Waals surface area contributed by atoms with E-state index in [2.05, 4.69) is 15.7 Å². The van der Waals surface area contributed by atoms with Crippen LogP contribution >= 0.6 is 23.2 Å². The minimum absolute atomic E-state index is 0.00542. The molecular formula is C17H20Cl2N4O. The summed E-state index contributed by atoms with van der Waals surface area (Å²) >= 11 is 12.2. The number of nitrogens with zero attached hydrogens (tertiary/aromatic N) is 2. The summed E-state index contributed by atoms with van der Waals surface area (Å²) in [6, 6.07) is 7.40. The Morgan fingerprint density at radius 3 is 2.79 bits per heavy atom. The third-order valence-electron chi connectivity index (χ3n) is 4.51. The molecule has 2 heterocycles. The highest BCUT2D eigenvalue weighted by atomic mass is 35.5. The molecule has 0 atom stereocenters. The molecule has 1 aliphatic heterocycles. The minimum atomic E-state index is -0.618. The summed E-state index contributed by atoms with van der Waals surface area (Å²) in [7, 11) is 0. The average molecular weight is 367 g/mol. The normalized spacial score (nSPS) is 16.8. The monoisotopic (exact) mass is 366 g/mol. The van der Waals surface area contributed by atoms with Crippen molar-refractivity contribution in [1.29, 1.82) is 0 Å². The molecule has 7 heteroatoms. The molecule has 1 aliphatic rings. The molecule has 1 fully saturated rings. The smallest absolute Gasteiger partial charge is 0.248 e. The van der Waals surface area contributed by atoms with Gasteiger partial charge in [-0.25, -0.2) is 0 Å². The molecule has 5 nitrogen and oxygen atoms in total. The molecule has 0 spiro atoms.